The van der Waals surface area contributed by atoms with Gasteiger partial charge >= 0.3 is 0 Å². The van der Waals surface area contributed by atoms with Crippen molar-refractivity contribution >= 4 is 26.7 Å². The van der Waals surface area contributed by atoms with Crippen molar-refractivity contribution in [2.24, 2.45) is 0 Å². The van der Waals surface area contributed by atoms with Gasteiger partial charge in [0.05, 0.1) is 10.2 Å². The number of benzene rings is 1. The summed E-state index contributed by atoms with van der Waals surface area (Å²) in [5.74, 6) is 0. The van der Waals surface area contributed by atoms with Crippen molar-refractivity contribution in [1.29, 1.82) is 0 Å². The molecule has 2 unspecified atom stereocenters. The number of aryl methyl sites for hydroxylation is 1. The van der Waals surface area contributed by atoms with E-state index in [9.17, 15) is 0 Å². The first-order valence-corrected chi connectivity index (χ1v) is 8.47. The molecule has 4 rings (SSSR count). The van der Waals surface area contributed by atoms with Gasteiger partial charge in [0.15, 0.2) is 5.13 Å². The molecule has 1 aromatic carbocycles. The Balaban J connectivity index is 1.49. The van der Waals surface area contributed by atoms with Crippen molar-refractivity contribution in [2.45, 2.75) is 44.7 Å². The van der Waals surface area contributed by atoms with Crippen LogP contribution in [0.1, 0.15) is 31.2 Å². The average molecular weight is 287 g/mol. The van der Waals surface area contributed by atoms with Crippen LogP contribution < -0.4 is 5.32 Å². The van der Waals surface area contributed by atoms with Crippen molar-refractivity contribution in [3.63, 3.8) is 0 Å². The Labute approximate surface area is 124 Å². The summed E-state index contributed by atoms with van der Waals surface area (Å²) in [6.07, 6.45) is 5.31. The summed E-state index contributed by atoms with van der Waals surface area (Å²) in [5.41, 5.74) is 2.42. The van der Waals surface area contributed by atoms with E-state index in [1.54, 1.807) is 11.3 Å². The van der Waals surface area contributed by atoms with Crippen LogP contribution in [0.15, 0.2) is 18.2 Å². The lowest BCUT2D eigenvalue weighted by molar-refractivity contribution is 0.188. The van der Waals surface area contributed by atoms with Crippen LogP contribution in [0.2, 0.25) is 0 Å². The molecule has 0 spiro atoms. The van der Waals surface area contributed by atoms with E-state index in [2.05, 4.69) is 35.3 Å². The molecular formula is C16H21N3S. The SMILES string of the molecule is Cc1ccc2sc(NC3CCN4CCCC4C3)nc2c1. The van der Waals surface area contributed by atoms with Gasteiger partial charge in [0, 0.05) is 18.6 Å². The van der Waals surface area contributed by atoms with E-state index in [0.717, 1.165) is 16.7 Å². The normalized spacial score (nSPS) is 26.9. The maximum atomic E-state index is 4.75. The largest absolute Gasteiger partial charge is 0.359 e. The molecule has 106 valence electrons. The molecule has 20 heavy (non-hydrogen) atoms. The summed E-state index contributed by atoms with van der Waals surface area (Å²) in [5, 5.41) is 4.78. The molecule has 0 amide bonds. The lowest BCUT2D eigenvalue weighted by atomic mass is 9.98. The number of piperidine rings is 1. The first-order valence-electron chi connectivity index (χ1n) is 7.66. The predicted octanol–water partition coefficient (Wildman–Crippen LogP) is 3.64. The van der Waals surface area contributed by atoms with Crippen LogP contribution in [0.3, 0.4) is 0 Å². The van der Waals surface area contributed by atoms with Gasteiger partial charge in [-0.3, -0.25) is 0 Å². The third kappa shape index (κ3) is 2.31. The number of rotatable bonds is 2. The second kappa shape index (κ2) is 5.01. The maximum absolute atomic E-state index is 4.75. The first kappa shape index (κ1) is 12.6. The first-order chi connectivity index (χ1) is 9.78. The molecule has 2 fully saturated rings. The lowest BCUT2D eigenvalue weighted by Gasteiger charge is -2.35. The van der Waals surface area contributed by atoms with Crippen LogP contribution in [0, 0.1) is 6.92 Å². The van der Waals surface area contributed by atoms with Crippen molar-refractivity contribution in [3.05, 3.63) is 23.8 Å². The van der Waals surface area contributed by atoms with Gasteiger partial charge < -0.3 is 10.2 Å². The molecule has 0 bridgehead atoms. The topological polar surface area (TPSA) is 28.2 Å². The van der Waals surface area contributed by atoms with E-state index in [-0.39, 0.29) is 0 Å². The smallest absolute Gasteiger partial charge is 0.184 e. The van der Waals surface area contributed by atoms with Crippen LogP contribution in [-0.2, 0) is 0 Å². The molecule has 0 aliphatic carbocycles. The number of hydrogen-bond acceptors (Lipinski definition) is 4. The minimum atomic E-state index is 0.607. The van der Waals surface area contributed by atoms with Gasteiger partial charge in [-0.1, -0.05) is 17.4 Å². The Morgan fingerprint density at radius 3 is 3.20 bits per heavy atom. The van der Waals surface area contributed by atoms with Crippen molar-refractivity contribution in [1.82, 2.24) is 9.88 Å². The van der Waals surface area contributed by atoms with Crippen LogP contribution in [0.25, 0.3) is 10.2 Å². The number of nitrogens with zero attached hydrogens (tertiary/aromatic N) is 2. The molecule has 2 atom stereocenters. The Hall–Kier alpha value is -1.13. The summed E-state index contributed by atoms with van der Waals surface area (Å²) in [6.45, 7) is 4.70. The fourth-order valence-electron chi connectivity index (χ4n) is 3.63. The fraction of sp³-hybridized carbons (Fsp3) is 0.562. The molecule has 1 N–H and O–H groups in total. The van der Waals surface area contributed by atoms with Crippen molar-refractivity contribution in [2.75, 3.05) is 18.4 Å². The Kier molecular flexibility index (Phi) is 3.15. The summed E-state index contributed by atoms with van der Waals surface area (Å²) in [7, 11) is 0. The van der Waals surface area contributed by atoms with E-state index in [4.69, 9.17) is 4.98 Å². The van der Waals surface area contributed by atoms with Gasteiger partial charge in [0.25, 0.3) is 0 Å². The van der Waals surface area contributed by atoms with Crippen molar-refractivity contribution < 1.29 is 0 Å². The molecule has 0 radical (unpaired) electrons. The number of hydrogen-bond donors (Lipinski definition) is 1. The number of anilines is 1. The van der Waals surface area contributed by atoms with Gasteiger partial charge in [0.1, 0.15) is 0 Å². The maximum Gasteiger partial charge on any atom is 0.184 e. The highest BCUT2D eigenvalue weighted by Crippen LogP contribution is 2.31. The van der Waals surface area contributed by atoms with Crippen LogP contribution >= 0.6 is 11.3 Å². The Morgan fingerprint density at radius 1 is 1.30 bits per heavy atom. The number of fused-ring (bicyclic) bond motifs is 2. The van der Waals surface area contributed by atoms with Crippen LogP contribution in [-0.4, -0.2) is 35.1 Å². The third-order valence-electron chi connectivity index (χ3n) is 4.69. The van der Waals surface area contributed by atoms with Crippen molar-refractivity contribution in [3.8, 4) is 0 Å². The third-order valence-corrected chi connectivity index (χ3v) is 5.66. The minimum Gasteiger partial charge on any atom is -0.359 e. The molecule has 3 nitrogen and oxygen atoms in total. The van der Waals surface area contributed by atoms with E-state index in [1.165, 1.54) is 49.0 Å². The van der Waals surface area contributed by atoms with Gasteiger partial charge in [0.2, 0.25) is 0 Å². The molecule has 1 aromatic heterocycles. The van der Waals surface area contributed by atoms with Gasteiger partial charge in [-0.25, -0.2) is 4.98 Å². The zero-order chi connectivity index (χ0) is 13.5. The highest BCUT2D eigenvalue weighted by molar-refractivity contribution is 7.22. The molecule has 0 saturated carbocycles. The summed E-state index contributed by atoms with van der Waals surface area (Å²) in [4.78, 5) is 7.41. The van der Waals surface area contributed by atoms with E-state index in [0.29, 0.717) is 6.04 Å². The monoisotopic (exact) mass is 287 g/mol. The molecule has 4 heteroatoms. The summed E-state index contributed by atoms with van der Waals surface area (Å²) < 4.78 is 1.29. The highest BCUT2D eigenvalue weighted by Gasteiger charge is 2.31. The van der Waals surface area contributed by atoms with Gasteiger partial charge in [-0.2, -0.15) is 0 Å². The van der Waals surface area contributed by atoms with E-state index in [1.807, 2.05) is 0 Å². The highest BCUT2D eigenvalue weighted by atomic mass is 32.1. The lowest BCUT2D eigenvalue weighted by Crippen LogP contribution is -2.42. The van der Waals surface area contributed by atoms with E-state index >= 15 is 0 Å². The summed E-state index contributed by atoms with van der Waals surface area (Å²) >= 11 is 1.79. The quantitative estimate of drug-likeness (QED) is 0.914. The minimum absolute atomic E-state index is 0.607. The van der Waals surface area contributed by atoms with Gasteiger partial charge in [-0.15, -0.1) is 0 Å². The fourth-order valence-corrected chi connectivity index (χ4v) is 4.55. The second-order valence-electron chi connectivity index (χ2n) is 6.19. The number of thiazole rings is 1. The zero-order valence-corrected chi connectivity index (χ0v) is 12.7. The average Bonchev–Trinajstić information content (AvgIpc) is 3.03. The molecule has 2 aliphatic heterocycles. The molecular weight excluding hydrogens is 266 g/mol. The van der Waals surface area contributed by atoms with Crippen LogP contribution in [0.5, 0.6) is 0 Å². The summed E-state index contributed by atoms with van der Waals surface area (Å²) in [6, 6.07) is 7.96. The Bertz CT molecular complexity index is 621. The second-order valence-corrected chi connectivity index (χ2v) is 7.22. The molecule has 2 aromatic rings. The van der Waals surface area contributed by atoms with E-state index < -0.39 is 0 Å². The molecule has 2 aliphatic rings. The standard InChI is InChI=1S/C16H21N3S/c1-11-4-5-15-14(9-11)18-16(20-15)17-12-6-8-19-7-2-3-13(19)10-12/h4-5,9,12-13H,2-3,6-8,10H2,1H3,(H,17,18). The number of aromatic nitrogens is 1. The zero-order valence-electron chi connectivity index (χ0n) is 11.9. The molecule has 3 heterocycles. The van der Waals surface area contributed by atoms with Gasteiger partial charge in [-0.05, 0) is 56.8 Å². The van der Waals surface area contributed by atoms with Crippen LogP contribution in [0.4, 0.5) is 5.13 Å². The number of nitrogens with one attached hydrogen (secondary N) is 1. The Morgan fingerprint density at radius 2 is 2.25 bits per heavy atom. The predicted molar refractivity (Wildman–Crippen MR) is 85.6 cm³/mol. The molecule has 2 saturated heterocycles.